The van der Waals surface area contributed by atoms with Crippen LogP contribution in [0.15, 0.2) is 140 Å². The third-order valence-electron chi connectivity index (χ3n) is 7.88. The molecule has 7 heteroatoms. The summed E-state index contributed by atoms with van der Waals surface area (Å²) in [7, 11) is 0. The first-order valence-electron chi connectivity index (χ1n) is 15.6. The molecule has 50 heavy (non-hydrogen) atoms. The van der Waals surface area contributed by atoms with Crippen LogP contribution in [0.25, 0.3) is 61.4 Å². The van der Waals surface area contributed by atoms with Crippen molar-refractivity contribution in [1.29, 1.82) is 0 Å². The van der Waals surface area contributed by atoms with Crippen molar-refractivity contribution in [3.05, 3.63) is 170 Å². The molecular weight excluding hydrogens is 864 g/mol. The monoisotopic (exact) mass is 897 g/mol. The van der Waals surface area contributed by atoms with E-state index in [1.54, 1.807) is 0 Å². The van der Waals surface area contributed by atoms with E-state index in [1.165, 1.54) is 10.8 Å². The molecule has 0 atom stereocenters. The summed E-state index contributed by atoms with van der Waals surface area (Å²) in [6, 6.07) is 58.2. The van der Waals surface area contributed by atoms with Gasteiger partial charge in [0.2, 0.25) is 0 Å². The number of imidazole rings is 1. The topological polar surface area (TPSA) is 43.6 Å². The van der Waals surface area contributed by atoms with Crippen LogP contribution in [-0.2, 0) is 58.2 Å². The third-order valence-corrected chi connectivity index (χ3v) is 7.88. The molecule has 2 aromatic heterocycles. The van der Waals surface area contributed by atoms with E-state index in [0.29, 0.717) is 0 Å². The smallest absolute Gasteiger partial charge is 0.0751 e. The zero-order valence-corrected chi connectivity index (χ0v) is 33.3. The van der Waals surface area contributed by atoms with Crippen molar-refractivity contribution < 1.29 is 52.8 Å². The molecule has 0 spiro atoms. The van der Waals surface area contributed by atoms with E-state index in [0.717, 1.165) is 56.3 Å². The van der Waals surface area contributed by atoms with Gasteiger partial charge in [0.25, 0.3) is 0 Å². The van der Waals surface area contributed by atoms with Gasteiger partial charge in [-0.15, -0.1) is 59.5 Å². The van der Waals surface area contributed by atoms with Crippen molar-refractivity contribution in [2.75, 3.05) is 0 Å². The van der Waals surface area contributed by atoms with Gasteiger partial charge in [-0.3, -0.25) is 33.2 Å². The molecule has 0 aliphatic rings. The zero-order chi connectivity index (χ0) is 32.2. The normalized spacial score (nSPS) is 10.6. The van der Waals surface area contributed by atoms with Crippen LogP contribution >= 0.6 is 0 Å². The first-order chi connectivity index (χ1) is 22.9. The molecule has 0 saturated heterocycles. The molecule has 0 aliphatic carbocycles. The standard InChI is InChI=1S/C29H17N2.C14H15N2.B.Ir.Y/c1-2-13-26(14-3-1)31-28-16-7-6-15-27(28)30-29(31)25-12-8-11-23(20-25)24-18-17-21-9-4-5-10-22(21)19-24;1-14(2,3)12-9-10-15-13(16-12)11-7-5-4-6-8-11;;;/h1-11,13-17,19H;4-7,9-10H,1-3H3;;;/q-3;-1;;;. The SMILES string of the molecule is CC(C)(C)c1ccnc(-c2[c-]cccc2)n1.[B].[Ir].[Y].[c-]1ccc(-c2[c-]cc3ccccc3c2)[c-]c1-c1nc2ccccc2n1-c1ccccc1. The molecule has 2 heterocycles. The fourth-order valence-electron chi connectivity index (χ4n) is 5.45. The Morgan fingerprint density at radius 3 is 2.12 bits per heavy atom. The van der Waals surface area contributed by atoms with Gasteiger partial charge < -0.3 is 15.6 Å². The first-order valence-corrected chi connectivity index (χ1v) is 15.6. The van der Waals surface area contributed by atoms with E-state index in [1.807, 2.05) is 97.2 Å². The summed E-state index contributed by atoms with van der Waals surface area (Å²) >= 11 is 0. The first kappa shape index (κ1) is 38.7. The predicted molar refractivity (Wildman–Crippen MR) is 197 cm³/mol. The number of hydrogen-bond donors (Lipinski definition) is 0. The molecule has 0 N–H and O–H groups in total. The summed E-state index contributed by atoms with van der Waals surface area (Å²) in [5.41, 5.74) is 7.94. The molecule has 5 radical (unpaired) electrons. The van der Waals surface area contributed by atoms with Gasteiger partial charge >= 0.3 is 0 Å². The van der Waals surface area contributed by atoms with Crippen LogP contribution in [0, 0.1) is 24.3 Å². The Bertz CT molecular complexity index is 2300. The molecule has 6 aromatic carbocycles. The van der Waals surface area contributed by atoms with Gasteiger partial charge in [0.15, 0.2) is 0 Å². The maximum Gasteiger partial charge on any atom is 0.0751 e. The molecule has 0 bridgehead atoms. The van der Waals surface area contributed by atoms with Gasteiger partial charge in [-0.25, -0.2) is 6.07 Å². The second-order valence-electron chi connectivity index (χ2n) is 12.3. The summed E-state index contributed by atoms with van der Waals surface area (Å²) in [4.78, 5) is 13.8. The van der Waals surface area contributed by atoms with Crippen molar-refractivity contribution in [2.45, 2.75) is 26.2 Å². The van der Waals surface area contributed by atoms with Crippen LogP contribution in [0.1, 0.15) is 26.5 Å². The number of benzene rings is 6. The largest absolute Gasteiger partial charge is 0.374 e. The molecule has 8 rings (SSSR count). The van der Waals surface area contributed by atoms with Crippen LogP contribution in [-0.4, -0.2) is 27.9 Å². The second-order valence-corrected chi connectivity index (χ2v) is 12.3. The Hall–Kier alpha value is -4.05. The van der Waals surface area contributed by atoms with Crippen molar-refractivity contribution in [1.82, 2.24) is 19.5 Å². The minimum Gasteiger partial charge on any atom is -0.374 e. The van der Waals surface area contributed by atoms with E-state index in [2.05, 4.69) is 102 Å². The minimum atomic E-state index is 0. The summed E-state index contributed by atoms with van der Waals surface area (Å²) in [5, 5.41) is 2.37. The quantitative estimate of drug-likeness (QED) is 0.131. The Morgan fingerprint density at radius 2 is 1.36 bits per heavy atom. The van der Waals surface area contributed by atoms with Gasteiger partial charge in [0, 0.05) is 84.2 Å². The van der Waals surface area contributed by atoms with Crippen molar-refractivity contribution in [3.63, 3.8) is 0 Å². The average molecular weight is 897 g/mol. The Kier molecular flexibility index (Phi) is 13.4. The van der Waals surface area contributed by atoms with Crippen LogP contribution in [0.4, 0.5) is 0 Å². The number of nitrogens with zero attached hydrogens (tertiary/aromatic N) is 4. The fraction of sp³-hybridized carbons (Fsp3) is 0.0930. The Balaban J connectivity index is 0.000000254. The number of rotatable bonds is 4. The van der Waals surface area contributed by atoms with E-state index in [-0.39, 0.29) is 66.6 Å². The van der Waals surface area contributed by atoms with Gasteiger partial charge in [-0.2, -0.15) is 5.56 Å². The van der Waals surface area contributed by atoms with Gasteiger partial charge in [-0.1, -0.05) is 80.8 Å². The number of fused-ring (bicyclic) bond motifs is 2. The van der Waals surface area contributed by atoms with E-state index in [9.17, 15) is 0 Å². The minimum absolute atomic E-state index is 0. The Labute approximate surface area is 335 Å². The summed E-state index contributed by atoms with van der Waals surface area (Å²) in [6.07, 6.45) is 1.81. The second kappa shape index (κ2) is 17.2. The van der Waals surface area contributed by atoms with Crippen LogP contribution < -0.4 is 0 Å². The molecule has 8 aromatic rings. The maximum atomic E-state index is 4.93. The van der Waals surface area contributed by atoms with Crippen LogP contribution in [0.5, 0.6) is 0 Å². The van der Waals surface area contributed by atoms with Crippen LogP contribution in [0.3, 0.4) is 0 Å². The number of hydrogen-bond acceptors (Lipinski definition) is 3. The molecule has 0 amide bonds. The van der Waals surface area contributed by atoms with Crippen molar-refractivity contribution in [2.24, 2.45) is 0 Å². The van der Waals surface area contributed by atoms with Crippen molar-refractivity contribution >= 4 is 30.2 Å². The summed E-state index contributed by atoms with van der Waals surface area (Å²) in [6.45, 7) is 6.44. The van der Waals surface area contributed by atoms with E-state index in [4.69, 9.17) is 4.98 Å². The molecule has 0 aliphatic heterocycles. The predicted octanol–water partition coefficient (Wildman–Crippen LogP) is 9.77. The van der Waals surface area contributed by atoms with Gasteiger partial charge in [0.05, 0.1) is 16.9 Å². The van der Waals surface area contributed by atoms with E-state index >= 15 is 0 Å². The molecule has 0 saturated carbocycles. The van der Waals surface area contributed by atoms with E-state index < -0.39 is 0 Å². The molecule has 0 unspecified atom stereocenters. The molecule has 4 nitrogen and oxygen atoms in total. The van der Waals surface area contributed by atoms with Gasteiger partial charge in [0.1, 0.15) is 0 Å². The average Bonchev–Trinajstić information content (AvgIpc) is 3.52. The third kappa shape index (κ3) is 8.62. The number of para-hydroxylation sites is 3. The fourth-order valence-corrected chi connectivity index (χ4v) is 5.45. The molecular formula is C43H32BIrN4Y-4. The van der Waals surface area contributed by atoms with Crippen LogP contribution in [0.2, 0.25) is 0 Å². The van der Waals surface area contributed by atoms with Crippen molar-refractivity contribution in [3.8, 4) is 39.6 Å². The summed E-state index contributed by atoms with van der Waals surface area (Å²) in [5.74, 6) is 1.57. The summed E-state index contributed by atoms with van der Waals surface area (Å²) < 4.78 is 2.17. The zero-order valence-electron chi connectivity index (χ0n) is 28.1. The maximum absolute atomic E-state index is 4.93. The molecule has 243 valence electrons. The number of aromatic nitrogens is 4. The Morgan fingerprint density at radius 1 is 0.640 bits per heavy atom. The van der Waals surface area contributed by atoms with Gasteiger partial charge in [-0.05, 0) is 36.2 Å². The molecule has 0 fully saturated rings.